The van der Waals surface area contributed by atoms with Crippen LogP contribution in [0.2, 0.25) is 0 Å². The number of likely N-dealkylation sites (N-methyl/N-ethyl adjacent to an activating group) is 1. The largest absolute Gasteiger partial charge is 0.504 e. The Morgan fingerprint density at radius 2 is 2.00 bits per heavy atom. The smallest absolute Gasteiger partial charge is 0.157 e. The summed E-state index contributed by atoms with van der Waals surface area (Å²) in [6.07, 6.45) is 3.52. The number of phenols is 2. The highest BCUT2D eigenvalue weighted by atomic mass is 16.3. The summed E-state index contributed by atoms with van der Waals surface area (Å²) >= 11 is 0. The monoisotopic (exact) mass is 247 g/mol. The Morgan fingerprint density at radius 1 is 1.22 bits per heavy atom. The second-order valence-corrected chi connectivity index (χ2v) is 5.63. The van der Waals surface area contributed by atoms with Crippen LogP contribution >= 0.6 is 0 Å². The van der Waals surface area contributed by atoms with E-state index in [1.807, 2.05) is 0 Å². The van der Waals surface area contributed by atoms with E-state index in [4.69, 9.17) is 0 Å². The van der Waals surface area contributed by atoms with Crippen LogP contribution < -0.4 is 0 Å². The molecule has 0 unspecified atom stereocenters. The molecule has 0 spiro atoms. The fourth-order valence-corrected chi connectivity index (χ4v) is 3.59. The molecule has 0 saturated carbocycles. The number of hydrogen-bond acceptors (Lipinski definition) is 3. The molecular weight excluding hydrogens is 226 g/mol. The van der Waals surface area contributed by atoms with Crippen LogP contribution in [0.4, 0.5) is 0 Å². The zero-order chi connectivity index (χ0) is 12.7. The van der Waals surface area contributed by atoms with Crippen LogP contribution in [-0.4, -0.2) is 34.7 Å². The van der Waals surface area contributed by atoms with E-state index in [1.165, 1.54) is 30.5 Å². The molecule has 1 aliphatic heterocycles. The summed E-state index contributed by atoms with van der Waals surface area (Å²) < 4.78 is 0. The minimum Gasteiger partial charge on any atom is -0.504 e. The van der Waals surface area contributed by atoms with Gasteiger partial charge in [-0.3, -0.25) is 0 Å². The molecule has 1 aromatic carbocycles. The van der Waals surface area contributed by atoms with Gasteiger partial charge in [0.1, 0.15) is 0 Å². The Kier molecular flexibility index (Phi) is 2.94. The van der Waals surface area contributed by atoms with E-state index >= 15 is 0 Å². The summed E-state index contributed by atoms with van der Waals surface area (Å²) in [7, 11) is 0. The molecule has 0 amide bonds. The van der Waals surface area contributed by atoms with Crippen LogP contribution in [-0.2, 0) is 6.42 Å². The summed E-state index contributed by atoms with van der Waals surface area (Å²) in [6.45, 7) is 5.61. The molecule has 1 aliphatic carbocycles. The normalized spacial score (nSPS) is 27.6. The second-order valence-electron chi connectivity index (χ2n) is 5.63. The second kappa shape index (κ2) is 4.47. The molecule has 2 atom stereocenters. The third-order valence-electron chi connectivity index (χ3n) is 4.71. The predicted molar refractivity (Wildman–Crippen MR) is 71.1 cm³/mol. The highest BCUT2D eigenvalue weighted by Crippen LogP contribution is 2.44. The number of rotatable bonds is 1. The van der Waals surface area contributed by atoms with Gasteiger partial charge in [-0.1, -0.05) is 6.92 Å². The molecule has 98 valence electrons. The lowest BCUT2D eigenvalue weighted by Gasteiger charge is -2.42. The molecule has 1 heterocycles. The van der Waals surface area contributed by atoms with Gasteiger partial charge in [0.15, 0.2) is 11.5 Å². The van der Waals surface area contributed by atoms with Gasteiger partial charge in [-0.2, -0.15) is 0 Å². The molecule has 3 rings (SSSR count). The lowest BCUT2D eigenvalue weighted by Crippen LogP contribution is -2.40. The first-order valence-corrected chi connectivity index (χ1v) is 6.96. The summed E-state index contributed by atoms with van der Waals surface area (Å²) in [5, 5.41) is 19.3. The Morgan fingerprint density at radius 3 is 2.78 bits per heavy atom. The van der Waals surface area contributed by atoms with E-state index in [9.17, 15) is 10.2 Å². The minimum absolute atomic E-state index is 0.0235. The summed E-state index contributed by atoms with van der Waals surface area (Å²) in [5.41, 5.74) is 2.49. The van der Waals surface area contributed by atoms with Crippen molar-refractivity contribution in [1.82, 2.24) is 4.90 Å². The van der Waals surface area contributed by atoms with Crippen molar-refractivity contribution in [2.75, 3.05) is 19.6 Å². The summed E-state index contributed by atoms with van der Waals surface area (Å²) in [4.78, 5) is 2.49. The van der Waals surface area contributed by atoms with Gasteiger partial charge >= 0.3 is 0 Å². The van der Waals surface area contributed by atoms with E-state index in [1.54, 1.807) is 12.1 Å². The lowest BCUT2D eigenvalue weighted by molar-refractivity contribution is 0.152. The minimum atomic E-state index is 0.0235. The van der Waals surface area contributed by atoms with Crippen molar-refractivity contribution in [1.29, 1.82) is 0 Å². The highest BCUT2D eigenvalue weighted by Gasteiger charge is 2.34. The predicted octanol–water partition coefficient (Wildman–Crippen LogP) is 2.47. The van der Waals surface area contributed by atoms with Gasteiger partial charge in [0.2, 0.25) is 0 Å². The maximum absolute atomic E-state index is 9.73. The third-order valence-corrected chi connectivity index (χ3v) is 4.71. The molecule has 0 aromatic heterocycles. The molecule has 1 aromatic rings. The number of aromatic hydroxyl groups is 2. The first kappa shape index (κ1) is 11.8. The van der Waals surface area contributed by atoms with Crippen LogP contribution in [0.1, 0.15) is 36.8 Å². The van der Waals surface area contributed by atoms with Crippen molar-refractivity contribution < 1.29 is 10.2 Å². The van der Waals surface area contributed by atoms with E-state index in [0.717, 1.165) is 25.4 Å². The van der Waals surface area contributed by atoms with Gasteiger partial charge in [0, 0.05) is 6.54 Å². The first-order valence-electron chi connectivity index (χ1n) is 6.96. The van der Waals surface area contributed by atoms with Crippen LogP contribution in [0.3, 0.4) is 0 Å². The molecule has 2 N–H and O–H groups in total. The molecule has 1 fully saturated rings. The van der Waals surface area contributed by atoms with Crippen molar-refractivity contribution in [3.05, 3.63) is 23.3 Å². The van der Waals surface area contributed by atoms with Crippen LogP contribution in [0.25, 0.3) is 0 Å². The number of nitrogens with zero attached hydrogens (tertiary/aromatic N) is 1. The zero-order valence-electron chi connectivity index (χ0n) is 10.9. The van der Waals surface area contributed by atoms with Crippen LogP contribution in [0.5, 0.6) is 11.5 Å². The first-order chi connectivity index (χ1) is 8.69. The van der Waals surface area contributed by atoms with Crippen molar-refractivity contribution in [3.63, 3.8) is 0 Å². The number of hydrogen-bond donors (Lipinski definition) is 2. The summed E-state index contributed by atoms with van der Waals surface area (Å²) in [5.74, 6) is 1.34. The standard InChI is InChI=1S/C15H21NO2/c1-2-16-6-5-10-3-4-11-7-14(17)15(18)8-12(11)13(10)9-16/h7-8,10,13,17-18H,2-6,9H2,1H3/t10-,13+/m1/s1. The lowest BCUT2D eigenvalue weighted by atomic mass is 9.71. The van der Waals surface area contributed by atoms with Gasteiger partial charge < -0.3 is 15.1 Å². The maximum Gasteiger partial charge on any atom is 0.157 e. The average molecular weight is 247 g/mol. The van der Waals surface area contributed by atoms with Gasteiger partial charge in [0.05, 0.1) is 0 Å². The van der Waals surface area contributed by atoms with E-state index < -0.39 is 0 Å². The maximum atomic E-state index is 9.73. The van der Waals surface area contributed by atoms with Gasteiger partial charge in [-0.25, -0.2) is 0 Å². The fourth-order valence-electron chi connectivity index (χ4n) is 3.59. The molecule has 0 bridgehead atoms. The van der Waals surface area contributed by atoms with Crippen molar-refractivity contribution in [2.45, 2.75) is 32.1 Å². The number of aryl methyl sites for hydroxylation is 1. The SMILES string of the molecule is CCN1CC[C@H]2CCc3cc(O)c(O)cc3[C@H]2C1. The Labute approximate surface area is 108 Å². The topological polar surface area (TPSA) is 43.7 Å². The van der Waals surface area contributed by atoms with Crippen molar-refractivity contribution in [3.8, 4) is 11.5 Å². The Hall–Kier alpha value is -1.22. The molecule has 3 heteroatoms. The van der Waals surface area contributed by atoms with Crippen molar-refractivity contribution >= 4 is 0 Å². The zero-order valence-corrected chi connectivity index (χ0v) is 10.9. The molecule has 18 heavy (non-hydrogen) atoms. The van der Waals surface area contributed by atoms with E-state index in [-0.39, 0.29) is 11.5 Å². The molecule has 3 nitrogen and oxygen atoms in total. The molecule has 1 saturated heterocycles. The quantitative estimate of drug-likeness (QED) is 0.749. The molecular formula is C15H21NO2. The van der Waals surface area contributed by atoms with Gasteiger partial charge in [-0.15, -0.1) is 0 Å². The number of benzene rings is 1. The van der Waals surface area contributed by atoms with Crippen LogP contribution in [0.15, 0.2) is 12.1 Å². The Bertz CT molecular complexity index is 458. The van der Waals surface area contributed by atoms with Gasteiger partial charge in [0.25, 0.3) is 0 Å². The number of fused-ring (bicyclic) bond motifs is 3. The molecule has 0 radical (unpaired) electrons. The van der Waals surface area contributed by atoms with E-state index in [0.29, 0.717) is 5.92 Å². The molecule has 2 aliphatic rings. The fraction of sp³-hybridized carbons (Fsp3) is 0.600. The number of likely N-dealkylation sites (tertiary alicyclic amines) is 1. The van der Waals surface area contributed by atoms with Gasteiger partial charge in [-0.05, 0) is 67.4 Å². The van der Waals surface area contributed by atoms with Crippen molar-refractivity contribution in [2.24, 2.45) is 5.92 Å². The average Bonchev–Trinajstić information content (AvgIpc) is 2.39. The third kappa shape index (κ3) is 1.87. The number of piperidine rings is 1. The Balaban J connectivity index is 1.96. The van der Waals surface area contributed by atoms with E-state index in [2.05, 4.69) is 11.8 Å². The highest BCUT2D eigenvalue weighted by molar-refractivity contribution is 5.48. The van der Waals surface area contributed by atoms with Crippen LogP contribution in [0, 0.1) is 5.92 Å². The number of phenolic OH excluding ortho intramolecular Hbond substituents is 2. The summed E-state index contributed by atoms with van der Waals surface area (Å²) in [6, 6.07) is 3.55.